The number of cyclic esters (lactones) is 1. The van der Waals surface area contributed by atoms with Gasteiger partial charge in [-0.3, -0.25) is 0 Å². The molecule has 0 saturated carbocycles. The molecule has 1 aliphatic rings. The summed E-state index contributed by atoms with van der Waals surface area (Å²) in [6.45, 7) is 4.18. The number of hydrogen-bond acceptors (Lipinski definition) is 5. The highest BCUT2D eigenvalue weighted by atomic mass is 16.6. The smallest absolute Gasteiger partial charge is 0.336 e. The fraction of sp³-hybridized carbons (Fsp3) is 0.571. The van der Waals surface area contributed by atoms with Crippen molar-refractivity contribution in [2.24, 2.45) is 5.92 Å². The molecule has 2 N–H and O–H groups in total. The van der Waals surface area contributed by atoms with Crippen molar-refractivity contribution in [2.75, 3.05) is 0 Å². The van der Waals surface area contributed by atoms with Gasteiger partial charge in [-0.2, -0.15) is 0 Å². The Labute approximate surface area is 155 Å². The standard InChI is InChI=1S/C21H30O5/c1-15(5-3-7-17-9-10-25-14-17)11-19(22)12-16(2)6-4-8-18-13-20(23)26-21(18)24/h6,9-10,13-15,19-20,22-23H,3-5,7-8,11-12H2,1-2H3/t15-,19-,20+/m1/s1. The second-order valence-electron chi connectivity index (χ2n) is 7.30. The summed E-state index contributed by atoms with van der Waals surface area (Å²) in [5.41, 5.74) is 2.87. The van der Waals surface area contributed by atoms with E-state index in [1.165, 1.54) is 11.6 Å². The van der Waals surface area contributed by atoms with Crippen LogP contribution in [-0.2, 0) is 16.0 Å². The minimum atomic E-state index is -1.10. The molecule has 0 amide bonds. The number of rotatable bonds is 11. The topological polar surface area (TPSA) is 79.9 Å². The highest BCUT2D eigenvalue weighted by molar-refractivity contribution is 5.90. The van der Waals surface area contributed by atoms with Crippen LogP contribution in [0.15, 0.2) is 46.3 Å². The third kappa shape index (κ3) is 7.18. The Kier molecular flexibility index (Phi) is 8.13. The number of allylic oxidation sites excluding steroid dienone is 1. The zero-order chi connectivity index (χ0) is 18.9. The van der Waals surface area contributed by atoms with E-state index in [1.54, 1.807) is 12.5 Å². The predicted octanol–water partition coefficient (Wildman–Crippen LogP) is 3.91. The van der Waals surface area contributed by atoms with Crippen molar-refractivity contribution in [3.63, 3.8) is 0 Å². The van der Waals surface area contributed by atoms with Crippen LogP contribution in [0.25, 0.3) is 0 Å². The molecular weight excluding hydrogens is 332 g/mol. The van der Waals surface area contributed by atoms with Gasteiger partial charge in [0.15, 0.2) is 0 Å². The summed E-state index contributed by atoms with van der Waals surface area (Å²) in [7, 11) is 0. The molecule has 1 aliphatic heterocycles. The first kappa shape index (κ1) is 20.5. The van der Waals surface area contributed by atoms with Crippen LogP contribution < -0.4 is 0 Å². The summed E-state index contributed by atoms with van der Waals surface area (Å²) in [5.74, 6) is 0.0393. The number of hydrogen-bond donors (Lipinski definition) is 2. The maximum absolute atomic E-state index is 11.4. The molecule has 0 unspecified atom stereocenters. The van der Waals surface area contributed by atoms with Crippen molar-refractivity contribution >= 4 is 5.97 Å². The third-order valence-corrected chi connectivity index (χ3v) is 4.71. The van der Waals surface area contributed by atoms with E-state index >= 15 is 0 Å². The van der Waals surface area contributed by atoms with Crippen molar-refractivity contribution in [2.45, 2.75) is 71.2 Å². The van der Waals surface area contributed by atoms with Gasteiger partial charge in [0.2, 0.25) is 6.29 Å². The van der Waals surface area contributed by atoms with Crippen LogP contribution in [0.3, 0.4) is 0 Å². The fourth-order valence-electron chi connectivity index (χ4n) is 3.33. The van der Waals surface area contributed by atoms with E-state index in [1.807, 2.05) is 19.1 Å². The van der Waals surface area contributed by atoms with Gasteiger partial charge in [0.25, 0.3) is 0 Å². The van der Waals surface area contributed by atoms with E-state index in [9.17, 15) is 15.0 Å². The predicted molar refractivity (Wildman–Crippen MR) is 99.2 cm³/mol. The van der Waals surface area contributed by atoms with Crippen LogP contribution in [0.4, 0.5) is 0 Å². The highest BCUT2D eigenvalue weighted by Crippen LogP contribution is 2.21. The average Bonchev–Trinajstić information content (AvgIpc) is 3.17. The molecule has 2 heterocycles. The van der Waals surface area contributed by atoms with Gasteiger partial charge in [0, 0.05) is 5.57 Å². The Balaban J connectivity index is 1.61. The van der Waals surface area contributed by atoms with Crippen molar-refractivity contribution < 1.29 is 24.2 Å². The van der Waals surface area contributed by atoms with Gasteiger partial charge in [-0.05, 0) is 69.1 Å². The van der Waals surface area contributed by atoms with E-state index in [4.69, 9.17) is 4.42 Å². The van der Waals surface area contributed by atoms with Crippen LogP contribution in [0.2, 0.25) is 0 Å². The van der Waals surface area contributed by atoms with E-state index in [0.717, 1.165) is 31.3 Å². The third-order valence-electron chi connectivity index (χ3n) is 4.71. The highest BCUT2D eigenvalue weighted by Gasteiger charge is 2.22. The summed E-state index contributed by atoms with van der Waals surface area (Å²) < 4.78 is 9.72. The second kappa shape index (κ2) is 10.3. The molecule has 0 spiro atoms. The lowest BCUT2D eigenvalue weighted by Gasteiger charge is -2.16. The Bertz CT molecular complexity index is 614. The zero-order valence-corrected chi connectivity index (χ0v) is 15.7. The molecule has 0 saturated heterocycles. The molecule has 0 aromatic carbocycles. The average molecular weight is 362 g/mol. The van der Waals surface area contributed by atoms with Crippen LogP contribution in [0, 0.1) is 5.92 Å². The summed E-state index contributed by atoms with van der Waals surface area (Å²) in [4.78, 5) is 11.4. The molecule has 0 bridgehead atoms. The molecule has 144 valence electrons. The SMILES string of the molecule is CC(=CCCC1=C[C@@H](O)OC1=O)C[C@H](O)C[C@H](C)CCCc1ccoc1. The lowest BCUT2D eigenvalue weighted by molar-refractivity contribution is -0.151. The number of carbonyl (C=O) groups excluding carboxylic acids is 1. The zero-order valence-electron chi connectivity index (χ0n) is 15.7. The van der Waals surface area contributed by atoms with E-state index in [2.05, 4.69) is 11.7 Å². The molecule has 5 heteroatoms. The van der Waals surface area contributed by atoms with Gasteiger partial charge < -0.3 is 19.4 Å². The lowest BCUT2D eigenvalue weighted by Crippen LogP contribution is -2.12. The number of aliphatic hydroxyl groups is 2. The van der Waals surface area contributed by atoms with E-state index in [-0.39, 0.29) is 6.10 Å². The first-order chi connectivity index (χ1) is 12.4. The van der Waals surface area contributed by atoms with Gasteiger partial charge in [-0.1, -0.05) is 25.0 Å². The van der Waals surface area contributed by atoms with Crippen LogP contribution >= 0.6 is 0 Å². The number of furan rings is 1. The lowest BCUT2D eigenvalue weighted by atomic mass is 9.93. The Morgan fingerprint density at radius 3 is 2.85 bits per heavy atom. The number of esters is 1. The first-order valence-corrected chi connectivity index (χ1v) is 9.38. The maximum atomic E-state index is 11.4. The van der Waals surface area contributed by atoms with Gasteiger partial charge in [-0.15, -0.1) is 0 Å². The molecule has 2 rings (SSSR count). The van der Waals surface area contributed by atoms with Gasteiger partial charge in [-0.25, -0.2) is 4.79 Å². The first-order valence-electron chi connectivity index (χ1n) is 9.38. The molecule has 5 nitrogen and oxygen atoms in total. The number of aliphatic hydroxyl groups excluding tert-OH is 2. The largest absolute Gasteiger partial charge is 0.472 e. The van der Waals surface area contributed by atoms with Gasteiger partial charge >= 0.3 is 5.97 Å². The minimum absolute atomic E-state index is 0.340. The monoisotopic (exact) mass is 362 g/mol. The number of ether oxygens (including phenoxy) is 1. The minimum Gasteiger partial charge on any atom is -0.472 e. The van der Waals surface area contributed by atoms with Crippen molar-refractivity contribution in [1.82, 2.24) is 0 Å². The van der Waals surface area contributed by atoms with Crippen molar-refractivity contribution in [3.8, 4) is 0 Å². The molecule has 0 radical (unpaired) electrons. The Morgan fingerprint density at radius 1 is 1.38 bits per heavy atom. The number of carbonyl (C=O) groups is 1. The molecule has 3 atom stereocenters. The Hall–Kier alpha value is -1.85. The second-order valence-corrected chi connectivity index (χ2v) is 7.30. The van der Waals surface area contributed by atoms with Crippen LogP contribution in [-0.4, -0.2) is 28.6 Å². The summed E-state index contributed by atoms with van der Waals surface area (Å²) in [5, 5.41) is 19.5. The van der Waals surface area contributed by atoms with Crippen LogP contribution in [0.1, 0.15) is 57.9 Å². The van der Waals surface area contributed by atoms with Gasteiger partial charge in [0.1, 0.15) is 0 Å². The molecular formula is C21H30O5. The van der Waals surface area contributed by atoms with E-state index in [0.29, 0.717) is 30.8 Å². The normalized spacial score (nSPS) is 20.0. The fourth-order valence-corrected chi connectivity index (χ4v) is 3.33. The number of aryl methyl sites for hydroxylation is 1. The van der Waals surface area contributed by atoms with E-state index < -0.39 is 12.3 Å². The quantitative estimate of drug-likeness (QED) is 0.461. The molecule has 1 aromatic heterocycles. The van der Waals surface area contributed by atoms with Gasteiger partial charge in [0.05, 0.1) is 18.6 Å². The maximum Gasteiger partial charge on any atom is 0.336 e. The Morgan fingerprint density at radius 2 is 2.19 bits per heavy atom. The molecule has 1 aromatic rings. The van der Waals surface area contributed by atoms with Crippen molar-refractivity contribution in [1.29, 1.82) is 0 Å². The molecule has 0 fully saturated rings. The van der Waals surface area contributed by atoms with Crippen LogP contribution in [0.5, 0.6) is 0 Å². The summed E-state index contributed by atoms with van der Waals surface area (Å²) in [6.07, 6.45) is 11.4. The summed E-state index contributed by atoms with van der Waals surface area (Å²) >= 11 is 0. The summed E-state index contributed by atoms with van der Waals surface area (Å²) in [6, 6.07) is 2.00. The van der Waals surface area contributed by atoms with Crippen molar-refractivity contribution in [3.05, 3.63) is 47.5 Å². The molecule has 26 heavy (non-hydrogen) atoms. The molecule has 0 aliphatic carbocycles.